The second kappa shape index (κ2) is 5.65. The summed E-state index contributed by atoms with van der Waals surface area (Å²) in [5.74, 6) is 0. The van der Waals surface area contributed by atoms with Gasteiger partial charge in [0.15, 0.2) is 0 Å². The van der Waals surface area contributed by atoms with Crippen molar-refractivity contribution >= 4 is 0 Å². The van der Waals surface area contributed by atoms with Crippen LogP contribution in [0.3, 0.4) is 0 Å². The van der Waals surface area contributed by atoms with Crippen LogP contribution < -0.4 is 34.7 Å². The number of morpholine rings is 1. The molecule has 1 fully saturated rings. The van der Waals surface area contributed by atoms with E-state index in [4.69, 9.17) is 4.74 Å². The quantitative estimate of drug-likeness (QED) is 0.344. The largest absolute Gasteiger partial charge is 1.00 e. The van der Waals surface area contributed by atoms with Crippen LogP contribution in [0.1, 0.15) is 0 Å². The van der Waals surface area contributed by atoms with Gasteiger partial charge in [0.2, 0.25) is 0 Å². The van der Waals surface area contributed by atoms with E-state index < -0.39 is 0 Å². The second-order valence-corrected chi connectivity index (χ2v) is 1.86. The average Bonchev–Trinajstić information content (AvgIpc) is 1.90. The standard InChI is InChI=1S/C5H10NO2.Na/c7-5-6-1-3-8-4-2-6;/h1-5H2;/q-1;+1. The van der Waals surface area contributed by atoms with E-state index in [0.717, 1.165) is 26.3 Å². The molecule has 1 aliphatic rings. The Balaban J connectivity index is 0.000000640. The molecule has 9 heavy (non-hydrogen) atoms. The van der Waals surface area contributed by atoms with Crippen molar-refractivity contribution < 1.29 is 39.4 Å². The van der Waals surface area contributed by atoms with Crippen LogP contribution in [-0.2, 0) is 4.74 Å². The molecule has 0 spiro atoms. The Kier molecular flexibility index (Phi) is 6.20. The normalized spacial score (nSPS) is 21.0. The predicted octanol–water partition coefficient (Wildman–Crippen LogP) is -4.36. The molecule has 1 heterocycles. The van der Waals surface area contributed by atoms with Crippen molar-refractivity contribution in [3.8, 4) is 0 Å². The molecule has 0 aromatic heterocycles. The van der Waals surface area contributed by atoms with Gasteiger partial charge in [0.1, 0.15) is 0 Å². The molecular weight excluding hydrogens is 129 g/mol. The van der Waals surface area contributed by atoms with E-state index in [1.54, 1.807) is 0 Å². The van der Waals surface area contributed by atoms with Crippen LogP contribution in [0.4, 0.5) is 0 Å². The Morgan fingerprint density at radius 2 is 1.89 bits per heavy atom. The zero-order valence-corrected chi connectivity index (χ0v) is 7.80. The first-order chi connectivity index (χ1) is 3.93. The smallest absolute Gasteiger partial charge is 0.843 e. The maximum atomic E-state index is 10.2. The molecule has 0 aliphatic carbocycles. The average molecular weight is 139 g/mol. The molecule has 0 amide bonds. The first kappa shape index (κ1) is 9.88. The molecule has 0 unspecified atom stereocenters. The zero-order valence-electron chi connectivity index (χ0n) is 5.80. The Labute approximate surface area is 77.3 Å². The molecule has 3 nitrogen and oxygen atoms in total. The first-order valence-electron chi connectivity index (χ1n) is 2.81. The first-order valence-corrected chi connectivity index (χ1v) is 2.81. The number of nitrogens with zero attached hydrogens (tertiary/aromatic N) is 1. The Hall–Kier alpha value is 0.880. The Morgan fingerprint density at radius 1 is 1.33 bits per heavy atom. The van der Waals surface area contributed by atoms with Gasteiger partial charge in [-0.3, -0.25) is 0 Å². The molecule has 0 bridgehead atoms. The summed E-state index contributed by atoms with van der Waals surface area (Å²) in [7, 11) is 0. The van der Waals surface area contributed by atoms with Crippen molar-refractivity contribution in [1.29, 1.82) is 0 Å². The van der Waals surface area contributed by atoms with Crippen LogP contribution in [0.25, 0.3) is 0 Å². The van der Waals surface area contributed by atoms with Gasteiger partial charge in [0.05, 0.1) is 13.2 Å². The maximum Gasteiger partial charge on any atom is 1.00 e. The van der Waals surface area contributed by atoms with Gasteiger partial charge in [-0.2, -0.15) is 0 Å². The minimum atomic E-state index is -0.0800. The van der Waals surface area contributed by atoms with Gasteiger partial charge in [-0.25, -0.2) is 0 Å². The SMILES string of the molecule is [Na+].[O-]CN1CCOCC1. The fourth-order valence-electron chi connectivity index (χ4n) is 0.730. The van der Waals surface area contributed by atoms with Gasteiger partial charge in [-0.1, -0.05) is 6.73 Å². The summed E-state index contributed by atoms with van der Waals surface area (Å²) in [6.45, 7) is 2.99. The minimum absolute atomic E-state index is 0. The van der Waals surface area contributed by atoms with Crippen molar-refractivity contribution in [1.82, 2.24) is 4.90 Å². The topological polar surface area (TPSA) is 35.5 Å². The second-order valence-electron chi connectivity index (χ2n) is 1.86. The summed E-state index contributed by atoms with van der Waals surface area (Å²) >= 11 is 0. The van der Waals surface area contributed by atoms with E-state index in [9.17, 15) is 5.11 Å². The van der Waals surface area contributed by atoms with Crippen molar-refractivity contribution in [2.45, 2.75) is 0 Å². The van der Waals surface area contributed by atoms with Gasteiger partial charge >= 0.3 is 29.6 Å². The third kappa shape index (κ3) is 3.55. The molecule has 0 aromatic rings. The van der Waals surface area contributed by atoms with Gasteiger partial charge in [-0.15, -0.1) is 0 Å². The Morgan fingerprint density at radius 3 is 2.22 bits per heavy atom. The number of hydrogen-bond donors (Lipinski definition) is 0. The number of ether oxygens (including phenoxy) is 1. The third-order valence-electron chi connectivity index (χ3n) is 1.29. The number of hydrogen-bond acceptors (Lipinski definition) is 3. The maximum absolute atomic E-state index is 10.2. The predicted molar refractivity (Wildman–Crippen MR) is 27.3 cm³/mol. The van der Waals surface area contributed by atoms with Crippen molar-refractivity contribution in [2.24, 2.45) is 0 Å². The number of rotatable bonds is 1. The van der Waals surface area contributed by atoms with Crippen LogP contribution in [0.2, 0.25) is 0 Å². The molecule has 1 rings (SSSR count). The van der Waals surface area contributed by atoms with E-state index in [0.29, 0.717) is 0 Å². The molecule has 0 aromatic carbocycles. The molecule has 1 saturated heterocycles. The minimum Gasteiger partial charge on any atom is -0.843 e. The molecule has 48 valence electrons. The van der Waals surface area contributed by atoms with E-state index in [2.05, 4.69) is 0 Å². The summed E-state index contributed by atoms with van der Waals surface area (Å²) in [5, 5.41) is 10.2. The van der Waals surface area contributed by atoms with Gasteiger partial charge in [0.25, 0.3) is 0 Å². The van der Waals surface area contributed by atoms with Crippen LogP contribution in [0.5, 0.6) is 0 Å². The molecule has 0 atom stereocenters. The van der Waals surface area contributed by atoms with E-state index >= 15 is 0 Å². The zero-order chi connectivity index (χ0) is 5.82. The van der Waals surface area contributed by atoms with Crippen LogP contribution in [-0.4, -0.2) is 37.9 Å². The van der Waals surface area contributed by atoms with Crippen LogP contribution in [0.15, 0.2) is 0 Å². The third-order valence-corrected chi connectivity index (χ3v) is 1.29. The van der Waals surface area contributed by atoms with Crippen molar-refractivity contribution in [2.75, 3.05) is 33.0 Å². The summed E-state index contributed by atoms with van der Waals surface area (Å²) in [6.07, 6.45) is 0. The monoisotopic (exact) mass is 139 g/mol. The van der Waals surface area contributed by atoms with E-state index in [1.165, 1.54) is 0 Å². The molecular formula is C5H10NNaO2. The molecule has 0 saturated carbocycles. The molecule has 0 radical (unpaired) electrons. The molecule has 0 N–H and O–H groups in total. The fourth-order valence-corrected chi connectivity index (χ4v) is 0.730. The molecule has 1 aliphatic heterocycles. The van der Waals surface area contributed by atoms with Crippen LogP contribution >= 0.6 is 0 Å². The van der Waals surface area contributed by atoms with E-state index in [-0.39, 0.29) is 36.3 Å². The summed E-state index contributed by atoms with van der Waals surface area (Å²) < 4.78 is 5.02. The van der Waals surface area contributed by atoms with Crippen molar-refractivity contribution in [3.63, 3.8) is 0 Å². The fraction of sp³-hybridized carbons (Fsp3) is 1.00. The van der Waals surface area contributed by atoms with E-state index in [1.807, 2.05) is 4.90 Å². The summed E-state index contributed by atoms with van der Waals surface area (Å²) in [6, 6.07) is 0. The Bertz CT molecular complexity index is 66.0. The van der Waals surface area contributed by atoms with Crippen molar-refractivity contribution in [3.05, 3.63) is 0 Å². The van der Waals surface area contributed by atoms with Gasteiger partial charge in [0, 0.05) is 13.1 Å². The van der Waals surface area contributed by atoms with Gasteiger partial charge in [-0.05, 0) is 0 Å². The summed E-state index contributed by atoms with van der Waals surface area (Å²) in [5.41, 5.74) is 0. The molecule has 4 heteroatoms. The van der Waals surface area contributed by atoms with Crippen LogP contribution in [0, 0.1) is 0 Å². The van der Waals surface area contributed by atoms with Gasteiger partial charge < -0.3 is 14.7 Å². The summed E-state index contributed by atoms with van der Waals surface area (Å²) in [4.78, 5) is 1.84.